The first kappa shape index (κ1) is 21.3. The van der Waals surface area contributed by atoms with Gasteiger partial charge in [0, 0.05) is 52.9 Å². The van der Waals surface area contributed by atoms with Crippen LogP contribution in [0.5, 0.6) is 5.75 Å². The van der Waals surface area contributed by atoms with Crippen LogP contribution in [0.3, 0.4) is 0 Å². The predicted molar refractivity (Wildman–Crippen MR) is 126 cm³/mol. The van der Waals surface area contributed by atoms with Crippen LogP contribution in [0.2, 0.25) is 0 Å². The van der Waals surface area contributed by atoms with Gasteiger partial charge in [-0.3, -0.25) is 4.68 Å². The SMILES string of the molecule is COCCOc1cc(F)cc(F)c1-c1c(N)nc(-c2ccc3c(cnn3C)c2)c2ccsc12. The van der Waals surface area contributed by atoms with Gasteiger partial charge in [0.25, 0.3) is 0 Å². The summed E-state index contributed by atoms with van der Waals surface area (Å²) in [5.74, 6) is -1.32. The molecule has 0 spiro atoms. The number of hydrogen-bond acceptors (Lipinski definition) is 6. The molecule has 0 amide bonds. The molecule has 0 saturated carbocycles. The molecule has 5 rings (SSSR count). The quantitative estimate of drug-likeness (QED) is 0.339. The number of hydrogen-bond donors (Lipinski definition) is 1. The molecule has 0 radical (unpaired) electrons. The number of anilines is 1. The van der Waals surface area contributed by atoms with E-state index in [1.54, 1.807) is 10.9 Å². The Morgan fingerprint density at radius 2 is 1.94 bits per heavy atom. The number of rotatable bonds is 6. The Labute approximate surface area is 192 Å². The highest BCUT2D eigenvalue weighted by Gasteiger charge is 2.23. The average Bonchev–Trinajstić information content (AvgIpc) is 3.41. The molecule has 9 heteroatoms. The van der Waals surface area contributed by atoms with Gasteiger partial charge >= 0.3 is 0 Å². The number of nitrogens with two attached hydrogens (primary N) is 1. The molecule has 0 fully saturated rings. The number of nitrogen functional groups attached to an aromatic ring is 1. The summed E-state index contributed by atoms with van der Waals surface area (Å²) in [5.41, 5.74) is 9.42. The molecule has 0 unspecified atom stereocenters. The van der Waals surface area contributed by atoms with Crippen LogP contribution < -0.4 is 10.5 Å². The van der Waals surface area contributed by atoms with Gasteiger partial charge in [-0.1, -0.05) is 6.07 Å². The van der Waals surface area contributed by atoms with E-state index in [4.69, 9.17) is 15.2 Å². The smallest absolute Gasteiger partial charge is 0.137 e. The number of aryl methyl sites for hydroxylation is 1. The first-order valence-electron chi connectivity index (χ1n) is 10.2. The van der Waals surface area contributed by atoms with E-state index >= 15 is 4.39 Å². The Hall–Kier alpha value is -3.56. The van der Waals surface area contributed by atoms with Crippen molar-refractivity contribution in [3.8, 4) is 28.1 Å². The molecule has 0 aliphatic rings. The molecule has 3 heterocycles. The Bertz CT molecular complexity index is 1500. The van der Waals surface area contributed by atoms with E-state index in [0.29, 0.717) is 11.3 Å². The molecule has 2 N–H and O–H groups in total. The van der Waals surface area contributed by atoms with Crippen LogP contribution in [0.1, 0.15) is 0 Å². The molecular weight excluding hydrogens is 446 g/mol. The van der Waals surface area contributed by atoms with E-state index in [1.807, 2.05) is 36.7 Å². The fraction of sp³-hybridized carbons (Fsp3) is 0.167. The van der Waals surface area contributed by atoms with Crippen LogP contribution in [0.4, 0.5) is 14.6 Å². The second-order valence-electron chi connectivity index (χ2n) is 7.53. The summed E-state index contributed by atoms with van der Waals surface area (Å²) < 4.78 is 42.3. The maximum atomic E-state index is 15.1. The highest BCUT2D eigenvalue weighted by Crippen LogP contribution is 2.45. The molecule has 0 aliphatic carbocycles. The topological polar surface area (TPSA) is 75.2 Å². The highest BCUT2D eigenvalue weighted by molar-refractivity contribution is 7.18. The Kier molecular flexibility index (Phi) is 5.43. The molecular formula is C24H20F2N4O2S. The largest absolute Gasteiger partial charge is 0.490 e. The summed E-state index contributed by atoms with van der Waals surface area (Å²) in [7, 11) is 3.41. The zero-order valence-corrected chi connectivity index (χ0v) is 18.7. The van der Waals surface area contributed by atoms with Crippen molar-refractivity contribution in [1.29, 1.82) is 0 Å². The highest BCUT2D eigenvalue weighted by atomic mass is 32.1. The minimum atomic E-state index is -0.768. The second-order valence-corrected chi connectivity index (χ2v) is 8.44. The normalized spacial score (nSPS) is 11.5. The van der Waals surface area contributed by atoms with Crippen LogP contribution in [-0.2, 0) is 11.8 Å². The van der Waals surface area contributed by atoms with Crippen molar-refractivity contribution in [2.45, 2.75) is 0 Å². The maximum Gasteiger partial charge on any atom is 0.137 e. The number of aromatic nitrogens is 3. The number of benzene rings is 2. The van der Waals surface area contributed by atoms with E-state index in [1.165, 1.54) is 18.4 Å². The lowest BCUT2D eigenvalue weighted by atomic mass is 9.99. The van der Waals surface area contributed by atoms with Gasteiger partial charge in [-0.05, 0) is 23.6 Å². The van der Waals surface area contributed by atoms with Crippen LogP contribution in [0.25, 0.3) is 43.4 Å². The van der Waals surface area contributed by atoms with Gasteiger partial charge in [0.1, 0.15) is 29.8 Å². The van der Waals surface area contributed by atoms with E-state index < -0.39 is 11.6 Å². The monoisotopic (exact) mass is 466 g/mol. The third kappa shape index (κ3) is 3.69. The van der Waals surface area contributed by atoms with E-state index in [0.717, 1.165) is 38.7 Å². The molecule has 0 bridgehead atoms. The van der Waals surface area contributed by atoms with Crippen LogP contribution in [0, 0.1) is 11.6 Å². The third-order valence-corrected chi connectivity index (χ3v) is 6.40. The zero-order valence-electron chi connectivity index (χ0n) is 17.9. The number of methoxy groups -OCH3 is 1. The van der Waals surface area contributed by atoms with E-state index in [2.05, 4.69) is 10.1 Å². The number of nitrogens with zero attached hydrogens (tertiary/aromatic N) is 3. The predicted octanol–water partition coefficient (Wildman–Crippen LogP) is 5.40. The summed E-state index contributed by atoms with van der Waals surface area (Å²) in [6, 6.07) is 9.83. The van der Waals surface area contributed by atoms with Crippen molar-refractivity contribution in [2.75, 3.05) is 26.1 Å². The molecule has 0 aliphatic heterocycles. The molecule has 168 valence electrons. The van der Waals surface area contributed by atoms with Gasteiger partial charge < -0.3 is 15.2 Å². The molecule has 6 nitrogen and oxygen atoms in total. The number of fused-ring (bicyclic) bond motifs is 2. The first-order chi connectivity index (χ1) is 16.0. The molecule has 33 heavy (non-hydrogen) atoms. The minimum absolute atomic E-state index is 0.0530. The van der Waals surface area contributed by atoms with Gasteiger partial charge in [0.05, 0.1) is 29.6 Å². The Morgan fingerprint density at radius 3 is 2.76 bits per heavy atom. The standard InChI is InChI=1S/C24H20F2N4O2S/c1-30-18-4-3-13(9-14(18)12-28-30)22-16-5-8-33-23(16)21(24(27)29-22)20-17(26)10-15(25)11-19(20)32-7-6-31-2/h3-5,8-12H,6-7H2,1-2H3,(H2,27,29). The molecule has 3 aromatic heterocycles. The summed E-state index contributed by atoms with van der Waals surface area (Å²) in [4.78, 5) is 4.65. The van der Waals surface area contributed by atoms with Crippen LogP contribution in [-0.4, -0.2) is 35.1 Å². The lowest BCUT2D eigenvalue weighted by Gasteiger charge is -2.16. The average molecular weight is 467 g/mol. The third-order valence-electron chi connectivity index (χ3n) is 5.47. The fourth-order valence-corrected chi connectivity index (χ4v) is 4.91. The van der Waals surface area contributed by atoms with E-state index in [-0.39, 0.29) is 30.3 Å². The van der Waals surface area contributed by atoms with Gasteiger partial charge in [0.2, 0.25) is 0 Å². The first-order valence-corrected chi connectivity index (χ1v) is 11.1. The van der Waals surface area contributed by atoms with Crippen LogP contribution >= 0.6 is 11.3 Å². The Balaban J connectivity index is 1.71. The van der Waals surface area contributed by atoms with Crippen molar-refractivity contribution in [3.05, 3.63) is 59.6 Å². The zero-order chi connectivity index (χ0) is 23.1. The summed E-state index contributed by atoms with van der Waals surface area (Å²) in [6.45, 7) is 0.409. The van der Waals surface area contributed by atoms with Gasteiger partial charge in [0.15, 0.2) is 0 Å². The molecule has 0 atom stereocenters. The van der Waals surface area contributed by atoms with Crippen molar-refractivity contribution in [1.82, 2.24) is 14.8 Å². The molecule has 0 saturated heterocycles. The number of thiophene rings is 1. The van der Waals surface area contributed by atoms with E-state index in [9.17, 15) is 4.39 Å². The number of ether oxygens (including phenoxy) is 2. The fourth-order valence-electron chi connectivity index (χ4n) is 3.96. The number of halogens is 2. The second kappa shape index (κ2) is 8.42. The molecule has 5 aromatic rings. The Morgan fingerprint density at radius 1 is 1.09 bits per heavy atom. The van der Waals surface area contributed by atoms with Gasteiger partial charge in [-0.25, -0.2) is 13.8 Å². The van der Waals surface area contributed by atoms with Gasteiger partial charge in [-0.15, -0.1) is 11.3 Å². The molecule has 2 aromatic carbocycles. The summed E-state index contributed by atoms with van der Waals surface area (Å²) in [5, 5.41) is 7.98. The van der Waals surface area contributed by atoms with Crippen molar-refractivity contribution < 1.29 is 18.3 Å². The van der Waals surface area contributed by atoms with Crippen molar-refractivity contribution in [2.24, 2.45) is 7.05 Å². The van der Waals surface area contributed by atoms with Gasteiger partial charge in [-0.2, -0.15) is 5.10 Å². The minimum Gasteiger partial charge on any atom is -0.490 e. The van der Waals surface area contributed by atoms with Crippen LogP contribution in [0.15, 0.2) is 48.0 Å². The summed E-state index contributed by atoms with van der Waals surface area (Å²) in [6.07, 6.45) is 1.79. The van der Waals surface area contributed by atoms with Crippen molar-refractivity contribution in [3.63, 3.8) is 0 Å². The maximum absolute atomic E-state index is 15.1. The lowest BCUT2D eigenvalue weighted by Crippen LogP contribution is -2.07. The number of pyridine rings is 1. The summed E-state index contributed by atoms with van der Waals surface area (Å²) >= 11 is 1.41. The van der Waals surface area contributed by atoms with Crippen molar-refractivity contribution >= 4 is 38.1 Å². The lowest BCUT2D eigenvalue weighted by molar-refractivity contribution is 0.146.